The molecule has 0 unspecified atom stereocenters. The molecule has 0 spiro atoms. The predicted octanol–water partition coefficient (Wildman–Crippen LogP) is 2.61. The van der Waals surface area contributed by atoms with E-state index in [9.17, 15) is 4.57 Å². The van der Waals surface area contributed by atoms with Crippen molar-refractivity contribution in [1.82, 2.24) is 0 Å². The van der Waals surface area contributed by atoms with E-state index >= 15 is 0 Å². The highest BCUT2D eigenvalue weighted by Crippen LogP contribution is 2.54. The molecular formula is C7H13O2P. The number of allylic oxidation sites excluding steroid dienone is 1. The Kier molecular flexibility index (Phi) is 2.32. The minimum atomic E-state index is -2.29. The first-order chi connectivity index (χ1) is 4.66. The molecule has 0 aliphatic carbocycles. The SMILES string of the molecule is CCO[P@@]1(=O)C=C(C)CC1. The first-order valence-corrected chi connectivity index (χ1v) is 5.46. The molecule has 0 saturated heterocycles. The van der Waals surface area contributed by atoms with Gasteiger partial charge in [0, 0.05) is 6.16 Å². The van der Waals surface area contributed by atoms with Crippen molar-refractivity contribution < 1.29 is 9.09 Å². The van der Waals surface area contributed by atoms with Gasteiger partial charge in [-0.15, -0.1) is 0 Å². The van der Waals surface area contributed by atoms with Crippen LogP contribution in [0.4, 0.5) is 0 Å². The molecule has 1 rings (SSSR count). The molecular weight excluding hydrogens is 147 g/mol. The molecule has 0 fully saturated rings. The van der Waals surface area contributed by atoms with Gasteiger partial charge in [-0.05, 0) is 26.1 Å². The Bertz CT molecular complexity index is 196. The lowest BCUT2D eigenvalue weighted by molar-refractivity contribution is 0.341. The van der Waals surface area contributed by atoms with Gasteiger partial charge in [0.1, 0.15) is 0 Å². The van der Waals surface area contributed by atoms with E-state index in [4.69, 9.17) is 4.52 Å². The maximum Gasteiger partial charge on any atom is 0.225 e. The molecule has 0 aromatic rings. The van der Waals surface area contributed by atoms with Crippen LogP contribution in [0.1, 0.15) is 20.3 Å². The van der Waals surface area contributed by atoms with Crippen LogP contribution in [0.25, 0.3) is 0 Å². The molecule has 1 heterocycles. The third kappa shape index (κ3) is 1.71. The lowest BCUT2D eigenvalue weighted by Gasteiger charge is -2.06. The van der Waals surface area contributed by atoms with Crippen molar-refractivity contribution in [3.8, 4) is 0 Å². The minimum Gasteiger partial charge on any atom is -0.326 e. The normalized spacial score (nSPS) is 32.4. The molecule has 0 amide bonds. The van der Waals surface area contributed by atoms with Crippen molar-refractivity contribution in [2.45, 2.75) is 20.3 Å². The molecule has 3 heteroatoms. The van der Waals surface area contributed by atoms with Gasteiger partial charge in [-0.2, -0.15) is 0 Å². The van der Waals surface area contributed by atoms with E-state index in [1.54, 1.807) is 5.82 Å². The van der Waals surface area contributed by atoms with Crippen molar-refractivity contribution >= 4 is 7.37 Å². The van der Waals surface area contributed by atoms with Gasteiger partial charge in [0.15, 0.2) is 0 Å². The average molecular weight is 160 g/mol. The Morgan fingerprint density at radius 2 is 2.50 bits per heavy atom. The van der Waals surface area contributed by atoms with E-state index < -0.39 is 7.37 Å². The Morgan fingerprint density at radius 3 is 2.90 bits per heavy atom. The predicted molar refractivity (Wildman–Crippen MR) is 42.5 cm³/mol. The Hall–Kier alpha value is -0.0700. The van der Waals surface area contributed by atoms with E-state index in [-0.39, 0.29) is 0 Å². The van der Waals surface area contributed by atoms with E-state index in [1.807, 2.05) is 13.8 Å². The summed E-state index contributed by atoms with van der Waals surface area (Å²) in [7, 11) is -2.29. The van der Waals surface area contributed by atoms with Crippen molar-refractivity contribution in [3.05, 3.63) is 11.4 Å². The smallest absolute Gasteiger partial charge is 0.225 e. The molecule has 0 bridgehead atoms. The van der Waals surface area contributed by atoms with Crippen LogP contribution in [0, 0.1) is 0 Å². The van der Waals surface area contributed by atoms with E-state index in [2.05, 4.69) is 0 Å². The fourth-order valence-electron chi connectivity index (χ4n) is 1.12. The molecule has 1 aliphatic rings. The highest BCUT2D eigenvalue weighted by Gasteiger charge is 2.24. The van der Waals surface area contributed by atoms with E-state index in [0.717, 1.165) is 6.42 Å². The van der Waals surface area contributed by atoms with Crippen molar-refractivity contribution in [2.24, 2.45) is 0 Å². The maximum atomic E-state index is 11.5. The van der Waals surface area contributed by atoms with Gasteiger partial charge in [-0.25, -0.2) is 0 Å². The van der Waals surface area contributed by atoms with Gasteiger partial charge in [-0.3, -0.25) is 4.57 Å². The van der Waals surface area contributed by atoms with E-state index in [1.165, 1.54) is 5.57 Å². The largest absolute Gasteiger partial charge is 0.326 e. The second-order valence-corrected chi connectivity index (χ2v) is 5.01. The van der Waals surface area contributed by atoms with Crippen LogP contribution in [-0.2, 0) is 9.09 Å². The molecule has 0 N–H and O–H groups in total. The van der Waals surface area contributed by atoms with E-state index in [0.29, 0.717) is 12.8 Å². The quantitative estimate of drug-likeness (QED) is 0.580. The maximum absolute atomic E-state index is 11.5. The molecule has 58 valence electrons. The van der Waals surface area contributed by atoms with Gasteiger partial charge < -0.3 is 4.52 Å². The fourth-order valence-corrected chi connectivity index (χ4v) is 3.35. The lowest BCUT2D eigenvalue weighted by atomic mass is 10.3. The molecule has 0 aromatic heterocycles. The van der Waals surface area contributed by atoms with Crippen molar-refractivity contribution in [3.63, 3.8) is 0 Å². The Balaban J connectivity index is 2.64. The van der Waals surface area contributed by atoms with Crippen LogP contribution in [0.5, 0.6) is 0 Å². The summed E-state index contributed by atoms with van der Waals surface area (Å²) in [5, 5.41) is 0. The number of hydrogen-bond donors (Lipinski definition) is 0. The lowest BCUT2D eigenvalue weighted by Crippen LogP contribution is -1.86. The second kappa shape index (κ2) is 2.89. The first kappa shape index (κ1) is 8.03. The van der Waals surface area contributed by atoms with Crippen LogP contribution in [0.15, 0.2) is 11.4 Å². The summed E-state index contributed by atoms with van der Waals surface area (Å²) in [5.74, 6) is 1.80. The van der Waals surface area contributed by atoms with Crippen molar-refractivity contribution in [2.75, 3.05) is 12.8 Å². The van der Waals surface area contributed by atoms with Crippen LogP contribution < -0.4 is 0 Å². The summed E-state index contributed by atoms with van der Waals surface area (Å²) in [6.07, 6.45) is 1.66. The molecule has 0 radical (unpaired) electrons. The van der Waals surface area contributed by atoms with Crippen LogP contribution in [-0.4, -0.2) is 12.8 Å². The van der Waals surface area contributed by atoms with Gasteiger partial charge in [-0.1, -0.05) is 5.57 Å². The fraction of sp³-hybridized carbons (Fsp3) is 0.714. The third-order valence-corrected chi connectivity index (χ3v) is 3.96. The molecule has 0 aromatic carbocycles. The van der Waals surface area contributed by atoms with Crippen LogP contribution >= 0.6 is 7.37 Å². The number of hydrogen-bond acceptors (Lipinski definition) is 2. The zero-order valence-electron chi connectivity index (χ0n) is 6.46. The van der Waals surface area contributed by atoms with Crippen LogP contribution in [0.2, 0.25) is 0 Å². The highest BCUT2D eigenvalue weighted by molar-refractivity contribution is 7.62. The summed E-state index contributed by atoms with van der Waals surface area (Å²) in [6, 6.07) is 0. The average Bonchev–Trinajstić information content (AvgIpc) is 2.12. The molecule has 1 aliphatic heterocycles. The van der Waals surface area contributed by atoms with Gasteiger partial charge in [0.05, 0.1) is 6.61 Å². The van der Waals surface area contributed by atoms with Crippen molar-refractivity contribution in [1.29, 1.82) is 0 Å². The molecule has 2 nitrogen and oxygen atoms in total. The zero-order valence-corrected chi connectivity index (χ0v) is 7.36. The molecule has 10 heavy (non-hydrogen) atoms. The van der Waals surface area contributed by atoms with Crippen LogP contribution in [0.3, 0.4) is 0 Å². The summed E-state index contributed by atoms with van der Waals surface area (Å²) in [5.41, 5.74) is 1.21. The number of rotatable bonds is 2. The first-order valence-electron chi connectivity index (χ1n) is 3.58. The van der Waals surface area contributed by atoms with Gasteiger partial charge >= 0.3 is 0 Å². The summed E-state index contributed by atoms with van der Waals surface area (Å²) >= 11 is 0. The highest BCUT2D eigenvalue weighted by atomic mass is 31.2. The summed E-state index contributed by atoms with van der Waals surface area (Å²) < 4.78 is 16.7. The standard InChI is InChI=1S/C7H13O2P/c1-3-9-10(8)5-4-7(2)6-10/h6H,3-5H2,1-2H3/t10-/m1/s1. The van der Waals surface area contributed by atoms with Gasteiger partial charge in [0.25, 0.3) is 0 Å². The summed E-state index contributed by atoms with van der Waals surface area (Å²) in [6.45, 7) is 4.43. The van der Waals surface area contributed by atoms with Gasteiger partial charge in [0.2, 0.25) is 7.37 Å². The minimum absolute atomic E-state index is 0.557. The topological polar surface area (TPSA) is 26.3 Å². The molecule has 0 saturated carbocycles. The monoisotopic (exact) mass is 160 g/mol. The Labute approximate surface area is 61.7 Å². The Morgan fingerprint density at radius 1 is 1.80 bits per heavy atom. The third-order valence-electron chi connectivity index (χ3n) is 1.58. The second-order valence-electron chi connectivity index (χ2n) is 2.59. The molecule has 1 atom stereocenters. The summed E-state index contributed by atoms with van der Waals surface area (Å²) in [4.78, 5) is 0. The zero-order chi connectivity index (χ0) is 7.61.